The summed E-state index contributed by atoms with van der Waals surface area (Å²) in [4.78, 5) is 25.2. The van der Waals surface area contributed by atoms with Crippen molar-refractivity contribution in [1.29, 1.82) is 0 Å². The largest absolute Gasteiger partial charge is 0.528 e. The summed E-state index contributed by atoms with van der Waals surface area (Å²) in [5.74, 6) is 3.70. The second-order valence-electron chi connectivity index (χ2n) is 6.81. The molecule has 152 valence electrons. The van der Waals surface area contributed by atoms with Crippen LogP contribution in [0.1, 0.15) is 32.3 Å². The summed E-state index contributed by atoms with van der Waals surface area (Å²) >= 11 is 0. The number of para-hydroxylation sites is 1. The van der Waals surface area contributed by atoms with Gasteiger partial charge in [0.15, 0.2) is 0 Å². The van der Waals surface area contributed by atoms with E-state index in [-0.39, 0.29) is 12.2 Å². The summed E-state index contributed by atoms with van der Waals surface area (Å²) in [6.07, 6.45) is 7.44. The summed E-state index contributed by atoms with van der Waals surface area (Å²) in [6, 6.07) is 9.25. The zero-order valence-corrected chi connectivity index (χ0v) is 16.5. The van der Waals surface area contributed by atoms with Gasteiger partial charge in [0.2, 0.25) is 5.88 Å². The van der Waals surface area contributed by atoms with Crippen LogP contribution >= 0.6 is 0 Å². The molecule has 1 aliphatic rings. The SMILES string of the molecule is C#Cc1ccccc1Nc1cc(OC2CCN(OC(=O)OC(C)C)CC2)ncn1. The number of hydroxylamine groups is 2. The number of nitrogens with zero attached hydrogens (tertiary/aromatic N) is 3. The van der Waals surface area contributed by atoms with Gasteiger partial charge in [0, 0.05) is 37.6 Å². The van der Waals surface area contributed by atoms with Crippen molar-refractivity contribution in [1.82, 2.24) is 15.0 Å². The molecule has 1 aromatic heterocycles. The maximum absolute atomic E-state index is 11.6. The van der Waals surface area contributed by atoms with Gasteiger partial charge >= 0.3 is 6.16 Å². The predicted molar refractivity (Wildman–Crippen MR) is 108 cm³/mol. The van der Waals surface area contributed by atoms with Crippen LogP contribution in [-0.4, -0.2) is 46.5 Å². The molecule has 1 aromatic carbocycles. The molecule has 0 atom stereocenters. The number of hydrogen-bond acceptors (Lipinski definition) is 8. The number of rotatable bonds is 6. The minimum atomic E-state index is -0.682. The third-order valence-corrected chi connectivity index (χ3v) is 4.21. The van der Waals surface area contributed by atoms with Crippen LogP contribution in [-0.2, 0) is 9.57 Å². The van der Waals surface area contributed by atoms with Gasteiger partial charge in [-0.15, -0.1) is 11.5 Å². The molecule has 0 amide bonds. The van der Waals surface area contributed by atoms with E-state index in [4.69, 9.17) is 20.7 Å². The molecule has 1 aliphatic heterocycles. The molecule has 0 saturated carbocycles. The Labute approximate surface area is 170 Å². The highest BCUT2D eigenvalue weighted by Crippen LogP contribution is 2.22. The zero-order valence-electron chi connectivity index (χ0n) is 16.5. The number of hydrogen-bond donors (Lipinski definition) is 1. The Morgan fingerprint density at radius 1 is 1.28 bits per heavy atom. The van der Waals surface area contributed by atoms with Gasteiger partial charge in [-0.3, -0.25) is 0 Å². The third-order valence-electron chi connectivity index (χ3n) is 4.21. The van der Waals surface area contributed by atoms with Gasteiger partial charge in [0.05, 0.1) is 11.8 Å². The first-order chi connectivity index (χ1) is 14.0. The number of piperidine rings is 1. The van der Waals surface area contributed by atoms with E-state index in [0.29, 0.717) is 37.6 Å². The number of anilines is 2. The van der Waals surface area contributed by atoms with Crippen LogP contribution < -0.4 is 10.1 Å². The molecule has 2 aromatic rings. The van der Waals surface area contributed by atoms with Gasteiger partial charge in [-0.25, -0.2) is 14.8 Å². The lowest BCUT2D eigenvalue weighted by molar-refractivity contribution is -0.151. The number of terminal acetylenes is 1. The van der Waals surface area contributed by atoms with E-state index in [2.05, 4.69) is 21.2 Å². The van der Waals surface area contributed by atoms with Crippen molar-refractivity contribution in [2.24, 2.45) is 0 Å². The van der Waals surface area contributed by atoms with Crippen molar-refractivity contribution in [3.8, 4) is 18.2 Å². The minimum absolute atomic E-state index is 0.0308. The summed E-state index contributed by atoms with van der Waals surface area (Å²) in [5.41, 5.74) is 1.54. The molecule has 1 N–H and O–H groups in total. The van der Waals surface area contributed by atoms with Crippen LogP contribution in [0.5, 0.6) is 5.88 Å². The van der Waals surface area contributed by atoms with Crippen molar-refractivity contribution in [3.63, 3.8) is 0 Å². The van der Waals surface area contributed by atoms with E-state index < -0.39 is 6.16 Å². The maximum atomic E-state index is 11.6. The number of benzene rings is 1. The number of aromatic nitrogens is 2. The Morgan fingerprint density at radius 2 is 2.03 bits per heavy atom. The van der Waals surface area contributed by atoms with E-state index >= 15 is 0 Å². The van der Waals surface area contributed by atoms with Crippen molar-refractivity contribution in [2.45, 2.75) is 38.9 Å². The molecule has 0 aliphatic carbocycles. The summed E-state index contributed by atoms with van der Waals surface area (Å²) in [7, 11) is 0. The minimum Gasteiger partial charge on any atom is -0.474 e. The van der Waals surface area contributed by atoms with Gasteiger partial charge in [-0.05, 0) is 26.0 Å². The Balaban J connectivity index is 1.52. The first-order valence-electron chi connectivity index (χ1n) is 9.48. The normalized spacial score (nSPS) is 14.8. The molecule has 1 fully saturated rings. The topological polar surface area (TPSA) is 85.8 Å². The highest BCUT2D eigenvalue weighted by Gasteiger charge is 2.24. The molecule has 0 bridgehead atoms. The second kappa shape index (κ2) is 9.75. The lowest BCUT2D eigenvalue weighted by atomic mass is 10.1. The molecule has 0 radical (unpaired) electrons. The van der Waals surface area contributed by atoms with E-state index in [9.17, 15) is 4.79 Å². The number of ether oxygens (including phenoxy) is 2. The first-order valence-corrected chi connectivity index (χ1v) is 9.48. The predicted octanol–water partition coefficient (Wildman–Crippen LogP) is 3.52. The van der Waals surface area contributed by atoms with E-state index in [0.717, 1.165) is 11.3 Å². The third kappa shape index (κ3) is 6.09. The molecule has 0 spiro atoms. The fourth-order valence-corrected chi connectivity index (χ4v) is 2.86. The van der Waals surface area contributed by atoms with E-state index in [1.807, 2.05) is 24.3 Å². The molecular weight excluding hydrogens is 372 g/mol. The molecule has 1 saturated heterocycles. The van der Waals surface area contributed by atoms with Crippen molar-refractivity contribution < 1.29 is 19.1 Å². The summed E-state index contributed by atoms with van der Waals surface area (Å²) < 4.78 is 11.0. The van der Waals surface area contributed by atoms with Crippen molar-refractivity contribution in [3.05, 3.63) is 42.2 Å². The van der Waals surface area contributed by atoms with Gasteiger partial charge in [0.1, 0.15) is 18.2 Å². The van der Waals surface area contributed by atoms with Crippen LogP contribution in [0, 0.1) is 12.3 Å². The zero-order chi connectivity index (χ0) is 20.6. The Hall–Kier alpha value is -3.31. The van der Waals surface area contributed by atoms with Gasteiger partial charge in [-0.2, -0.15) is 0 Å². The molecule has 3 rings (SSSR count). The molecule has 8 heteroatoms. The standard InChI is InChI=1S/C21H24N4O4/c1-4-16-7-5-6-8-18(16)24-19-13-20(23-14-22-19)28-17-9-11-25(12-10-17)29-21(26)27-15(2)3/h1,5-8,13-15,17H,9-12H2,2-3H3,(H,22,23,24). The van der Waals surface area contributed by atoms with Crippen LogP contribution in [0.15, 0.2) is 36.7 Å². The van der Waals surface area contributed by atoms with Gasteiger partial charge < -0.3 is 19.6 Å². The van der Waals surface area contributed by atoms with Crippen molar-refractivity contribution in [2.75, 3.05) is 18.4 Å². The smallest absolute Gasteiger partial charge is 0.474 e. The monoisotopic (exact) mass is 396 g/mol. The molecule has 0 unspecified atom stereocenters. The average Bonchev–Trinajstić information content (AvgIpc) is 2.69. The van der Waals surface area contributed by atoms with E-state index in [1.165, 1.54) is 6.33 Å². The van der Waals surface area contributed by atoms with Gasteiger partial charge in [-0.1, -0.05) is 18.1 Å². The number of carbonyl (C=O) groups is 1. The lowest BCUT2D eigenvalue weighted by Gasteiger charge is -2.30. The van der Waals surface area contributed by atoms with E-state index in [1.54, 1.807) is 25.0 Å². The average molecular weight is 396 g/mol. The fourth-order valence-electron chi connectivity index (χ4n) is 2.86. The Morgan fingerprint density at radius 3 is 2.76 bits per heavy atom. The summed E-state index contributed by atoms with van der Waals surface area (Å²) in [5, 5.41) is 4.78. The highest BCUT2D eigenvalue weighted by atomic mass is 16.8. The quantitative estimate of drug-likeness (QED) is 0.586. The summed E-state index contributed by atoms with van der Waals surface area (Å²) in [6.45, 7) is 4.67. The molecular formula is C21H24N4O4. The van der Waals surface area contributed by atoms with Gasteiger partial charge in [0.25, 0.3) is 0 Å². The van der Waals surface area contributed by atoms with Crippen LogP contribution in [0.3, 0.4) is 0 Å². The van der Waals surface area contributed by atoms with Crippen LogP contribution in [0.25, 0.3) is 0 Å². The number of carbonyl (C=O) groups excluding carboxylic acids is 1. The first kappa shape index (κ1) is 20.4. The lowest BCUT2D eigenvalue weighted by Crippen LogP contribution is -2.40. The Kier molecular flexibility index (Phi) is 6.87. The second-order valence-corrected chi connectivity index (χ2v) is 6.81. The highest BCUT2D eigenvalue weighted by molar-refractivity contribution is 5.65. The van der Waals surface area contributed by atoms with Crippen LogP contribution in [0.4, 0.5) is 16.3 Å². The molecule has 2 heterocycles. The number of nitrogens with one attached hydrogen (secondary N) is 1. The Bertz CT molecular complexity index is 873. The van der Waals surface area contributed by atoms with Crippen LogP contribution in [0.2, 0.25) is 0 Å². The fraction of sp³-hybridized carbons (Fsp3) is 0.381. The molecule has 29 heavy (non-hydrogen) atoms. The maximum Gasteiger partial charge on any atom is 0.528 e. The molecule has 8 nitrogen and oxygen atoms in total. The van der Waals surface area contributed by atoms with Crippen molar-refractivity contribution >= 4 is 17.7 Å².